The van der Waals surface area contributed by atoms with Gasteiger partial charge in [0.05, 0.1) is 37.0 Å². The van der Waals surface area contributed by atoms with Gasteiger partial charge >= 0.3 is 0 Å². The van der Waals surface area contributed by atoms with E-state index in [0.29, 0.717) is 22.8 Å². The topological polar surface area (TPSA) is 73.3 Å². The van der Waals surface area contributed by atoms with Crippen molar-refractivity contribution in [1.82, 2.24) is 15.3 Å². The summed E-state index contributed by atoms with van der Waals surface area (Å²) in [7, 11) is 3.18. The molecule has 1 amide bonds. The second-order valence-corrected chi connectivity index (χ2v) is 8.18. The number of halogens is 1. The number of hydrogen-bond donors (Lipinski definition) is 1. The molecule has 0 saturated heterocycles. The molecule has 7 heteroatoms. The number of fused-ring (bicyclic) bond motifs is 1. The van der Waals surface area contributed by atoms with Gasteiger partial charge in [0.2, 0.25) is 0 Å². The third kappa shape index (κ3) is 4.43. The van der Waals surface area contributed by atoms with Crippen molar-refractivity contribution in [3.63, 3.8) is 0 Å². The highest BCUT2D eigenvalue weighted by Gasteiger charge is 2.18. The third-order valence-corrected chi connectivity index (χ3v) is 5.74. The fourth-order valence-corrected chi connectivity index (χ4v) is 3.90. The SMILES string of the molecule is COc1ccc([C@H](C)NC(=O)c2cc(-c3ccncc3)nc3ccc(Br)cc23)cc1OC. The van der Waals surface area contributed by atoms with Crippen LogP contribution in [0.2, 0.25) is 0 Å². The Morgan fingerprint density at radius 2 is 1.72 bits per heavy atom. The number of nitrogens with zero attached hydrogens (tertiary/aromatic N) is 2. The van der Waals surface area contributed by atoms with Gasteiger partial charge in [0.15, 0.2) is 11.5 Å². The lowest BCUT2D eigenvalue weighted by Gasteiger charge is -2.18. The van der Waals surface area contributed by atoms with Crippen LogP contribution in [0, 0.1) is 0 Å². The second-order valence-electron chi connectivity index (χ2n) is 7.26. The van der Waals surface area contributed by atoms with E-state index in [2.05, 4.69) is 26.2 Å². The van der Waals surface area contributed by atoms with Gasteiger partial charge in [0, 0.05) is 27.8 Å². The Morgan fingerprint density at radius 1 is 0.969 bits per heavy atom. The van der Waals surface area contributed by atoms with Crippen LogP contribution < -0.4 is 14.8 Å². The molecular weight excluding hydrogens is 470 g/mol. The molecule has 0 spiro atoms. The molecule has 0 aliphatic rings. The summed E-state index contributed by atoms with van der Waals surface area (Å²) >= 11 is 3.50. The lowest BCUT2D eigenvalue weighted by molar-refractivity contribution is 0.0941. The molecule has 4 aromatic rings. The van der Waals surface area contributed by atoms with E-state index in [1.807, 2.05) is 61.5 Å². The molecule has 2 aromatic heterocycles. The first-order valence-corrected chi connectivity index (χ1v) is 10.8. The van der Waals surface area contributed by atoms with Gasteiger partial charge in [-0.05, 0) is 61.0 Å². The fourth-order valence-electron chi connectivity index (χ4n) is 3.54. The smallest absolute Gasteiger partial charge is 0.252 e. The van der Waals surface area contributed by atoms with E-state index in [1.165, 1.54) is 0 Å². The van der Waals surface area contributed by atoms with Crippen molar-refractivity contribution in [3.05, 3.63) is 82.6 Å². The standard InChI is InChI=1S/C25H22BrN3O3/c1-15(17-4-7-23(31-2)24(12-17)32-3)28-25(30)20-14-22(16-8-10-27-11-9-16)29-21-6-5-18(26)13-19(20)21/h4-15H,1-3H3,(H,28,30)/t15-/m0/s1. The average Bonchev–Trinajstić information content (AvgIpc) is 2.83. The number of methoxy groups -OCH3 is 2. The number of ether oxygens (including phenoxy) is 2. The minimum Gasteiger partial charge on any atom is -0.493 e. The summed E-state index contributed by atoms with van der Waals surface area (Å²) in [5.74, 6) is 1.07. The quantitative estimate of drug-likeness (QED) is 0.381. The van der Waals surface area contributed by atoms with E-state index < -0.39 is 0 Å². The first kappa shape index (κ1) is 21.8. The van der Waals surface area contributed by atoms with Crippen LogP contribution in [0.15, 0.2) is 71.5 Å². The first-order chi connectivity index (χ1) is 15.5. The molecule has 32 heavy (non-hydrogen) atoms. The molecule has 2 heterocycles. The maximum Gasteiger partial charge on any atom is 0.252 e. The summed E-state index contributed by atoms with van der Waals surface area (Å²) in [6.07, 6.45) is 3.42. The zero-order valence-corrected chi connectivity index (χ0v) is 19.5. The second kappa shape index (κ2) is 9.36. The van der Waals surface area contributed by atoms with E-state index >= 15 is 0 Å². The number of carbonyl (C=O) groups is 1. The number of amides is 1. The number of benzene rings is 2. The number of hydrogen-bond acceptors (Lipinski definition) is 5. The molecule has 6 nitrogen and oxygen atoms in total. The maximum absolute atomic E-state index is 13.4. The minimum absolute atomic E-state index is 0.187. The van der Waals surface area contributed by atoms with Crippen molar-refractivity contribution in [2.75, 3.05) is 14.2 Å². The Hall–Kier alpha value is -3.45. The van der Waals surface area contributed by atoms with E-state index in [-0.39, 0.29) is 11.9 Å². The van der Waals surface area contributed by atoms with Crippen LogP contribution in [-0.4, -0.2) is 30.1 Å². The van der Waals surface area contributed by atoms with Crippen LogP contribution in [0.5, 0.6) is 11.5 Å². The lowest BCUT2D eigenvalue weighted by atomic mass is 10.0. The number of rotatable bonds is 6. The van der Waals surface area contributed by atoms with Crippen molar-refractivity contribution in [2.45, 2.75) is 13.0 Å². The largest absolute Gasteiger partial charge is 0.493 e. The Labute approximate surface area is 194 Å². The third-order valence-electron chi connectivity index (χ3n) is 5.25. The number of carbonyl (C=O) groups excluding carboxylic acids is 1. The fraction of sp³-hybridized carbons (Fsp3) is 0.160. The highest BCUT2D eigenvalue weighted by molar-refractivity contribution is 9.10. The zero-order valence-electron chi connectivity index (χ0n) is 17.9. The Kier molecular flexibility index (Phi) is 6.37. The number of aromatic nitrogens is 2. The van der Waals surface area contributed by atoms with Gasteiger partial charge < -0.3 is 14.8 Å². The Balaban J connectivity index is 1.72. The van der Waals surface area contributed by atoms with Crippen LogP contribution in [0.25, 0.3) is 22.2 Å². The van der Waals surface area contributed by atoms with Crippen molar-refractivity contribution in [1.29, 1.82) is 0 Å². The van der Waals surface area contributed by atoms with Gasteiger partial charge in [-0.1, -0.05) is 22.0 Å². The Bertz CT molecular complexity index is 1280. The van der Waals surface area contributed by atoms with E-state index in [0.717, 1.165) is 26.5 Å². The summed E-state index contributed by atoms with van der Waals surface area (Å²) in [6.45, 7) is 1.93. The van der Waals surface area contributed by atoms with Crippen molar-refractivity contribution in [2.24, 2.45) is 0 Å². The summed E-state index contributed by atoms with van der Waals surface area (Å²) in [6, 6.07) is 16.7. The number of nitrogens with one attached hydrogen (secondary N) is 1. The summed E-state index contributed by atoms with van der Waals surface area (Å²) in [5, 5.41) is 3.87. The normalized spacial score (nSPS) is 11.8. The van der Waals surface area contributed by atoms with Crippen LogP contribution in [0.4, 0.5) is 0 Å². The summed E-state index contributed by atoms with van der Waals surface area (Å²) in [4.78, 5) is 22.2. The molecule has 0 saturated carbocycles. The highest BCUT2D eigenvalue weighted by Crippen LogP contribution is 2.31. The molecule has 1 N–H and O–H groups in total. The zero-order chi connectivity index (χ0) is 22.7. The van der Waals surface area contributed by atoms with Gasteiger partial charge in [0.1, 0.15) is 0 Å². The minimum atomic E-state index is -0.248. The molecule has 4 rings (SSSR count). The van der Waals surface area contributed by atoms with Gasteiger partial charge in [0.25, 0.3) is 5.91 Å². The van der Waals surface area contributed by atoms with Crippen molar-refractivity contribution in [3.8, 4) is 22.8 Å². The molecule has 1 atom stereocenters. The monoisotopic (exact) mass is 491 g/mol. The van der Waals surface area contributed by atoms with Gasteiger partial charge in [-0.2, -0.15) is 0 Å². The average molecular weight is 492 g/mol. The molecule has 0 bridgehead atoms. The summed E-state index contributed by atoms with van der Waals surface area (Å²) in [5.41, 5.74) is 3.81. The van der Waals surface area contributed by atoms with Crippen LogP contribution in [0.1, 0.15) is 28.9 Å². The molecule has 0 fully saturated rings. The van der Waals surface area contributed by atoms with Crippen LogP contribution in [0.3, 0.4) is 0 Å². The first-order valence-electron chi connectivity index (χ1n) is 10.0. The molecule has 0 aliphatic heterocycles. The van der Waals surface area contributed by atoms with E-state index in [9.17, 15) is 4.79 Å². The van der Waals surface area contributed by atoms with Gasteiger partial charge in [-0.3, -0.25) is 9.78 Å². The predicted octanol–water partition coefficient (Wildman–Crippen LogP) is 5.57. The van der Waals surface area contributed by atoms with Crippen LogP contribution in [-0.2, 0) is 0 Å². The summed E-state index contributed by atoms with van der Waals surface area (Å²) < 4.78 is 11.6. The van der Waals surface area contributed by atoms with Crippen LogP contribution >= 0.6 is 15.9 Å². The van der Waals surface area contributed by atoms with Crippen molar-refractivity contribution >= 4 is 32.7 Å². The van der Waals surface area contributed by atoms with Gasteiger partial charge in [-0.15, -0.1) is 0 Å². The van der Waals surface area contributed by atoms with Gasteiger partial charge in [-0.25, -0.2) is 4.98 Å². The Morgan fingerprint density at radius 3 is 2.44 bits per heavy atom. The van der Waals surface area contributed by atoms with E-state index in [4.69, 9.17) is 14.5 Å². The molecule has 162 valence electrons. The molecular formula is C25H22BrN3O3. The maximum atomic E-state index is 13.4. The molecule has 0 aliphatic carbocycles. The molecule has 0 radical (unpaired) electrons. The molecule has 0 unspecified atom stereocenters. The van der Waals surface area contributed by atoms with E-state index in [1.54, 1.807) is 26.6 Å². The highest BCUT2D eigenvalue weighted by atomic mass is 79.9. The lowest BCUT2D eigenvalue weighted by Crippen LogP contribution is -2.27. The molecule has 2 aromatic carbocycles. The predicted molar refractivity (Wildman–Crippen MR) is 128 cm³/mol. The van der Waals surface area contributed by atoms with Crippen molar-refractivity contribution < 1.29 is 14.3 Å². The number of pyridine rings is 2.